The lowest BCUT2D eigenvalue weighted by molar-refractivity contribution is 0.178. The molecule has 0 radical (unpaired) electrons. The Morgan fingerprint density at radius 2 is 2.47 bits per heavy atom. The first-order chi connectivity index (χ1) is 7.18. The van der Waals surface area contributed by atoms with Crippen molar-refractivity contribution in [3.63, 3.8) is 0 Å². The lowest BCUT2D eigenvalue weighted by atomic mass is 10.2. The molecule has 1 unspecified atom stereocenters. The molecule has 2 heterocycles. The van der Waals surface area contributed by atoms with Gasteiger partial charge in [-0.05, 0) is 27.4 Å². The molecular formula is C10H11BrN2OS. The molecule has 0 aromatic carbocycles. The van der Waals surface area contributed by atoms with Gasteiger partial charge in [-0.1, -0.05) is 0 Å². The summed E-state index contributed by atoms with van der Waals surface area (Å²) in [6.07, 6.45) is 3.68. The summed E-state index contributed by atoms with van der Waals surface area (Å²) in [5.41, 5.74) is 0. The predicted molar refractivity (Wildman–Crippen MR) is 63.9 cm³/mol. The van der Waals surface area contributed by atoms with Crippen molar-refractivity contribution in [3.05, 3.63) is 39.0 Å². The molecule has 5 heteroatoms. The molecule has 0 aliphatic carbocycles. The van der Waals surface area contributed by atoms with Crippen molar-refractivity contribution in [2.75, 3.05) is 0 Å². The second-order valence-electron chi connectivity index (χ2n) is 3.31. The molecule has 2 aromatic rings. The van der Waals surface area contributed by atoms with Gasteiger partial charge in [0.25, 0.3) is 0 Å². The molecule has 0 aliphatic rings. The molecule has 3 nitrogen and oxygen atoms in total. The zero-order valence-corrected chi connectivity index (χ0v) is 10.6. The van der Waals surface area contributed by atoms with Crippen molar-refractivity contribution in [2.24, 2.45) is 7.05 Å². The van der Waals surface area contributed by atoms with E-state index >= 15 is 0 Å². The summed E-state index contributed by atoms with van der Waals surface area (Å²) in [7, 11) is 1.93. The summed E-state index contributed by atoms with van der Waals surface area (Å²) >= 11 is 4.96. The second kappa shape index (κ2) is 4.47. The Kier molecular flexibility index (Phi) is 3.23. The number of aliphatic hydroxyl groups is 1. The average Bonchev–Trinajstić information content (AvgIpc) is 2.76. The Hall–Kier alpha value is -0.650. The molecule has 1 atom stereocenters. The van der Waals surface area contributed by atoms with Gasteiger partial charge >= 0.3 is 0 Å². The van der Waals surface area contributed by atoms with Crippen molar-refractivity contribution < 1.29 is 5.11 Å². The molecule has 0 spiro atoms. The van der Waals surface area contributed by atoms with Gasteiger partial charge in [0.1, 0.15) is 5.82 Å². The maximum absolute atomic E-state index is 10.0. The average molecular weight is 287 g/mol. The molecular weight excluding hydrogens is 276 g/mol. The minimum atomic E-state index is -0.486. The summed E-state index contributed by atoms with van der Waals surface area (Å²) < 4.78 is 2.89. The molecule has 2 aromatic heterocycles. The highest BCUT2D eigenvalue weighted by atomic mass is 79.9. The zero-order valence-electron chi connectivity index (χ0n) is 8.22. The first kappa shape index (κ1) is 10.9. The molecule has 80 valence electrons. The zero-order chi connectivity index (χ0) is 10.8. The molecule has 2 rings (SSSR count). The highest BCUT2D eigenvalue weighted by molar-refractivity contribution is 9.10. The molecule has 0 fully saturated rings. The van der Waals surface area contributed by atoms with Crippen molar-refractivity contribution in [3.8, 4) is 0 Å². The Morgan fingerprint density at radius 3 is 3.00 bits per heavy atom. The number of halogens is 1. The number of aryl methyl sites for hydroxylation is 1. The topological polar surface area (TPSA) is 38.0 Å². The van der Waals surface area contributed by atoms with E-state index in [1.807, 2.05) is 29.3 Å². The van der Waals surface area contributed by atoms with E-state index in [0.717, 1.165) is 15.2 Å². The van der Waals surface area contributed by atoms with E-state index in [0.29, 0.717) is 6.42 Å². The number of hydrogen-bond donors (Lipinski definition) is 1. The van der Waals surface area contributed by atoms with Gasteiger partial charge in [0, 0.05) is 35.2 Å². The van der Waals surface area contributed by atoms with Crippen LogP contribution in [0.4, 0.5) is 0 Å². The second-order valence-corrected chi connectivity index (χ2v) is 5.11. The quantitative estimate of drug-likeness (QED) is 0.942. The van der Waals surface area contributed by atoms with Crippen LogP contribution in [0.3, 0.4) is 0 Å². The molecule has 0 saturated carbocycles. The standard InChI is InChI=1S/C10H11BrN2OS/c1-13-4-3-12-9(13)6-8(14)10-7(11)2-5-15-10/h2-5,8,14H,6H2,1H3. The maximum Gasteiger partial charge on any atom is 0.111 e. The number of aliphatic hydroxyl groups excluding tert-OH is 1. The lowest BCUT2D eigenvalue weighted by Crippen LogP contribution is -2.05. The normalized spacial score (nSPS) is 13.0. The van der Waals surface area contributed by atoms with Crippen molar-refractivity contribution >= 4 is 27.3 Å². The fourth-order valence-electron chi connectivity index (χ4n) is 1.40. The summed E-state index contributed by atoms with van der Waals surface area (Å²) in [6.45, 7) is 0. The van der Waals surface area contributed by atoms with Gasteiger partial charge in [0.2, 0.25) is 0 Å². The molecule has 1 N–H and O–H groups in total. The molecule has 0 aliphatic heterocycles. The number of imidazole rings is 1. The van der Waals surface area contributed by atoms with Crippen LogP contribution in [0.5, 0.6) is 0 Å². The number of hydrogen-bond acceptors (Lipinski definition) is 3. The molecule has 0 bridgehead atoms. The van der Waals surface area contributed by atoms with E-state index in [1.165, 1.54) is 0 Å². The number of rotatable bonds is 3. The lowest BCUT2D eigenvalue weighted by Gasteiger charge is -2.09. The van der Waals surface area contributed by atoms with E-state index in [9.17, 15) is 5.11 Å². The minimum absolute atomic E-state index is 0.486. The largest absolute Gasteiger partial charge is 0.387 e. The fourth-order valence-corrected chi connectivity index (χ4v) is 3.03. The van der Waals surface area contributed by atoms with Gasteiger partial charge in [-0.15, -0.1) is 11.3 Å². The van der Waals surface area contributed by atoms with Crippen LogP contribution in [0.25, 0.3) is 0 Å². The van der Waals surface area contributed by atoms with E-state index in [2.05, 4.69) is 20.9 Å². The predicted octanol–water partition coefficient (Wildman–Crippen LogP) is 2.52. The Labute approximate surface area is 101 Å². The Bertz CT molecular complexity index is 452. The molecule has 0 amide bonds. The third kappa shape index (κ3) is 2.30. The summed E-state index contributed by atoms with van der Waals surface area (Å²) in [6, 6.07) is 1.95. The van der Waals surface area contributed by atoms with Crippen molar-refractivity contribution in [1.82, 2.24) is 9.55 Å². The van der Waals surface area contributed by atoms with Gasteiger partial charge < -0.3 is 9.67 Å². The molecule has 15 heavy (non-hydrogen) atoms. The number of aromatic nitrogens is 2. The van der Waals surface area contributed by atoms with E-state index < -0.39 is 6.10 Å². The first-order valence-electron chi connectivity index (χ1n) is 4.55. The first-order valence-corrected chi connectivity index (χ1v) is 6.23. The minimum Gasteiger partial charge on any atom is -0.387 e. The van der Waals surface area contributed by atoms with Gasteiger partial charge in [-0.2, -0.15) is 0 Å². The van der Waals surface area contributed by atoms with E-state index in [1.54, 1.807) is 17.5 Å². The van der Waals surface area contributed by atoms with Crippen LogP contribution in [0.2, 0.25) is 0 Å². The summed E-state index contributed by atoms with van der Waals surface area (Å²) in [4.78, 5) is 5.14. The van der Waals surface area contributed by atoms with E-state index in [-0.39, 0.29) is 0 Å². The summed E-state index contributed by atoms with van der Waals surface area (Å²) in [5.74, 6) is 0.891. The van der Waals surface area contributed by atoms with Crippen LogP contribution in [0, 0.1) is 0 Å². The van der Waals surface area contributed by atoms with Crippen LogP contribution >= 0.6 is 27.3 Å². The van der Waals surface area contributed by atoms with E-state index in [4.69, 9.17) is 0 Å². The maximum atomic E-state index is 10.0. The van der Waals surface area contributed by atoms with Crippen LogP contribution in [-0.4, -0.2) is 14.7 Å². The Balaban J connectivity index is 2.14. The van der Waals surface area contributed by atoms with Crippen LogP contribution in [0.15, 0.2) is 28.3 Å². The fraction of sp³-hybridized carbons (Fsp3) is 0.300. The highest BCUT2D eigenvalue weighted by Gasteiger charge is 2.15. The third-order valence-corrected chi connectivity index (χ3v) is 4.22. The van der Waals surface area contributed by atoms with Gasteiger partial charge in [-0.25, -0.2) is 4.98 Å². The molecule has 0 saturated heterocycles. The smallest absolute Gasteiger partial charge is 0.111 e. The van der Waals surface area contributed by atoms with Gasteiger partial charge in [0.05, 0.1) is 6.10 Å². The van der Waals surface area contributed by atoms with Gasteiger partial charge in [-0.3, -0.25) is 0 Å². The van der Waals surface area contributed by atoms with Crippen LogP contribution < -0.4 is 0 Å². The highest BCUT2D eigenvalue weighted by Crippen LogP contribution is 2.30. The van der Waals surface area contributed by atoms with Crippen LogP contribution in [-0.2, 0) is 13.5 Å². The monoisotopic (exact) mass is 286 g/mol. The van der Waals surface area contributed by atoms with Crippen LogP contribution in [0.1, 0.15) is 16.8 Å². The number of thiophene rings is 1. The SMILES string of the molecule is Cn1ccnc1CC(O)c1sccc1Br. The number of nitrogens with zero attached hydrogens (tertiary/aromatic N) is 2. The van der Waals surface area contributed by atoms with Crippen molar-refractivity contribution in [2.45, 2.75) is 12.5 Å². The van der Waals surface area contributed by atoms with Gasteiger partial charge in [0.15, 0.2) is 0 Å². The van der Waals surface area contributed by atoms with Crippen molar-refractivity contribution in [1.29, 1.82) is 0 Å². The Morgan fingerprint density at radius 1 is 1.67 bits per heavy atom. The third-order valence-electron chi connectivity index (χ3n) is 2.24. The summed E-state index contributed by atoms with van der Waals surface area (Å²) in [5, 5.41) is 12.0.